The van der Waals surface area contributed by atoms with E-state index < -0.39 is 7.82 Å². The van der Waals surface area contributed by atoms with Crippen molar-refractivity contribution in [1.82, 2.24) is 0 Å². The van der Waals surface area contributed by atoms with E-state index in [4.69, 9.17) is 9.79 Å². The second kappa shape index (κ2) is 4.21. The number of rotatable bonds is 4. The molecule has 0 bridgehead atoms. The van der Waals surface area contributed by atoms with Crippen molar-refractivity contribution >= 4 is 7.82 Å². The summed E-state index contributed by atoms with van der Waals surface area (Å²) in [6.07, 6.45) is 0.279. The minimum atomic E-state index is -4.28. The lowest BCUT2D eigenvalue weighted by atomic mass is 10.1. The van der Waals surface area contributed by atoms with Crippen molar-refractivity contribution in [3.05, 3.63) is 0 Å². The Morgan fingerprint density at radius 3 is 2.09 bits per heavy atom. The van der Waals surface area contributed by atoms with E-state index in [1.54, 1.807) is 6.92 Å². The minimum absolute atomic E-state index is 0.379. The molecule has 5 heteroatoms. The van der Waals surface area contributed by atoms with E-state index in [1.807, 2.05) is 13.8 Å². The molecule has 0 saturated heterocycles. The normalized spacial score (nSPS) is 15.5. The summed E-state index contributed by atoms with van der Waals surface area (Å²) in [5.41, 5.74) is 0. The van der Waals surface area contributed by atoms with Crippen molar-refractivity contribution in [2.75, 3.05) is 0 Å². The van der Waals surface area contributed by atoms with E-state index >= 15 is 0 Å². The van der Waals surface area contributed by atoms with Gasteiger partial charge < -0.3 is 9.79 Å². The van der Waals surface area contributed by atoms with Crippen LogP contribution in [0, 0.1) is 5.92 Å². The molecule has 0 aromatic heterocycles. The number of phosphoric ester groups is 1. The Morgan fingerprint density at radius 1 is 1.36 bits per heavy atom. The first-order valence-corrected chi connectivity index (χ1v) is 5.08. The maximum Gasteiger partial charge on any atom is 0.469 e. The Kier molecular flexibility index (Phi) is 4.26. The van der Waals surface area contributed by atoms with E-state index in [9.17, 15) is 4.57 Å². The predicted molar refractivity (Wildman–Crippen MR) is 42.0 cm³/mol. The van der Waals surface area contributed by atoms with Crippen LogP contribution in [0.15, 0.2) is 0 Å². The zero-order chi connectivity index (χ0) is 9.07. The Balaban J connectivity index is 3.70. The Morgan fingerprint density at radius 2 is 1.82 bits per heavy atom. The molecule has 11 heavy (non-hydrogen) atoms. The molecule has 1 unspecified atom stereocenters. The lowest BCUT2D eigenvalue weighted by Gasteiger charge is -2.14. The highest BCUT2D eigenvalue weighted by Gasteiger charge is 2.18. The highest BCUT2D eigenvalue weighted by atomic mass is 31.2. The van der Waals surface area contributed by atoms with E-state index in [0.717, 1.165) is 0 Å². The molecule has 0 fully saturated rings. The lowest BCUT2D eigenvalue weighted by molar-refractivity contribution is 0.129. The topological polar surface area (TPSA) is 66.8 Å². The zero-order valence-electron chi connectivity index (χ0n) is 7.02. The van der Waals surface area contributed by atoms with Gasteiger partial charge in [0.1, 0.15) is 0 Å². The quantitative estimate of drug-likeness (QED) is 0.647. The number of hydrogen-bond donors (Lipinski definition) is 2. The molecule has 0 radical (unpaired) electrons. The standard InChI is InChI=1S/C6H15O4P/c1-5(2)4-6(3)10-11(7,8)9/h5-6H,4H2,1-3H3,(H2,7,8,9). The molecular weight excluding hydrogens is 167 g/mol. The van der Waals surface area contributed by atoms with Gasteiger partial charge in [-0.15, -0.1) is 0 Å². The average molecular weight is 182 g/mol. The van der Waals surface area contributed by atoms with E-state index in [1.165, 1.54) is 0 Å². The van der Waals surface area contributed by atoms with Crippen molar-refractivity contribution in [3.8, 4) is 0 Å². The largest absolute Gasteiger partial charge is 0.469 e. The van der Waals surface area contributed by atoms with Gasteiger partial charge in [0.15, 0.2) is 0 Å². The molecule has 0 heterocycles. The molecule has 1 atom stereocenters. The molecule has 68 valence electrons. The van der Waals surface area contributed by atoms with Crippen LogP contribution in [0.25, 0.3) is 0 Å². The smallest absolute Gasteiger partial charge is 0.303 e. The SMILES string of the molecule is CC(C)CC(C)OP(=O)(O)O. The van der Waals surface area contributed by atoms with Gasteiger partial charge in [0.25, 0.3) is 0 Å². The van der Waals surface area contributed by atoms with E-state index in [-0.39, 0.29) is 6.10 Å². The summed E-state index contributed by atoms with van der Waals surface area (Å²) in [5, 5.41) is 0. The second-order valence-electron chi connectivity index (χ2n) is 3.04. The summed E-state index contributed by atoms with van der Waals surface area (Å²) >= 11 is 0. The molecule has 0 amide bonds. The summed E-state index contributed by atoms with van der Waals surface area (Å²) < 4.78 is 14.7. The van der Waals surface area contributed by atoms with Gasteiger partial charge in [0.05, 0.1) is 6.10 Å². The lowest BCUT2D eigenvalue weighted by Crippen LogP contribution is -2.09. The van der Waals surface area contributed by atoms with E-state index in [0.29, 0.717) is 12.3 Å². The third-order valence-electron chi connectivity index (χ3n) is 1.12. The second-order valence-corrected chi connectivity index (χ2v) is 4.23. The monoisotopic (exact) mass is 182 g/mol. The summed E-state index contributed by atoms with van der Waals surface area (Å²) in [6.45, 7) is 5.60. The van der Waals surface area contributed by atoms with Crippen molar-refractivity contribution in [2.45, 2.75) is 33.3 Å². The predicted octanol–water partition coefficient (Wildman–Crippen LogP) is 1.53. The maximum atomic E-state index is 10.3. The molecule has 2 N–H and O–H groups in total. The van der Waals surface area contributed by atoms with Crippen LogP contribution >= 0.6 is 7.82 Å². The highest BCUT2D eigenvalue weighted by Crippen LogP contribution is 2.38. The van der Waals surface area contributed by atoms with Gasteiger partial charge in [-0.1, -0.05) is 13.8 Å². The molecule has 0 aliphatic rings. The highest BCUT2D eigenvalue weighted by molar-refractivity contribution is 7.46. The van der Waals surface area contributed by atoms with Crippen LogP contribution in [-0.4, -0.2) is 15.9 Å². The van der Waals surface area contributed by atoms with Gasteiger partial charge in [0, 0.05) is 0 Å². The zero-order valence-corrected chi connectivity index (χ0v) is 7.91. The third-order valence-corrected chi connectivity index (χ3v) is 1.76. The Labute approximate surface area is 66.8 Å². The maximum absolute atomic E-state index is 10.3. The molecule has 0 rings (SSSR count). The molecule has 0 saturated carbocycles. The first-order valence-electron chi connectivity index (χ1n) is 3.55. The summed E-state index contributed by atoms with van der Waals surface area (Å²) in [5.74, 6) is 0.386. The molecule has 0 aliphatic heterocycles. The molecular formula is C6H15O4P. The van der Waals surface area contributed by atoms with Gasteiger partial charge in [-0.25, -0.2) is 4.57 Å². The summed E-state index contributed by atoms with van der Waals surface area (Å²) in [4.78, 5) is 16.8. The summed E-state index contributed by atoms with van der Waals surface area (Å²) in [7, 11) is -4.28. The van der Waals surface area contributed by atoms with Crippen LogP contribution in [-0.2, 0) is 9.09 Å². The fraction of sp³-hybridized carbons (Fsp3) is 1.00. The van der Waals surface area contributed by atoms with Crippen LogP contribution in [0.4, 0.5) is 0 Å². The van der Waals surface area contributed by atoms with Crippen molar-refractivity contribution in [3.63, 3.8) is 0 Å². The van der Waals surface area contributed by atoms with Crippen LogP contribution in [0.3, 0.4) is 0 Å². The number of hydrogen-bond acceptors (Lipinski definition) is 2. The van der Waals surface area contributed by atoms with Crippen LogP contribution in [0.2, 0.25) is 0 Å². The fourth-order valence-electron chi connectivity index (χ4n) is 0.941. The fourth-order valence-corrected chi connectivity index (χ4v) is 1.50. The first-order chi connectivity index (χ1) is 4.81. The summed E-state index contributed by atoms with van der Waals surface area (Å²) in [6, 6.07) is 0. The minimum Gasteiger partial charge on any atom is -0.303 e. The Hall–Kier alpha value is 0.110. The molecule has 0 aromatic rings. The first kappa shape index (κ1) is 11.1. The van der Waals surface area contributed by atoms with Crippen molar-refractivity contribution in [2.24, 2.45) is 5.92 Å². The van der Waals surface area contributed by atoms with E-state index in [2.05, 4.69) is 4.52 Å². The average Bonchev–Trinajstić information content (AvgIpc) is 1.53. The van der Waals surface area contributed by atoms with Gasteiger partial charge >= 0.3 is 7.82 Å². The molecule has 0 spiro atoms. The molecule has 0 aliphatic carbocycles. The number of phosphoric acid groups is 1. The molecule has 0 aromatic carbocycles. The van der Waals surface area contributed by atoms with Crippen LogP contribution in [0.1, 0.15) is 27.2 Å². The van der Waals surface area contributed by atoms with Crippen molar-refractivity contribution < 1.29 is 18.9 Å². The third kappa shape index (κ3) is 8.01. The van der Waals surface area contributed by atoms with Gasteiger partial charge in [-0.2, -0.15) is 0 Å². The molecule has 4 nitrogen and oxygen atoms in total. The van der Waals surface area contributed by atoms with Crippen molar-refractivity contribution in [1.29, 1.82) is 0 Å². The van der Waals surface area contributed by atoms with Gasteiger partial charge in [-0.05, 0) is 19.3 Å². The van der Waals surface area contributed by atoms with Gasteiger partial charge in [-0.3, -0.25) is 4.52 Å². The van der Waals surface area contributed by atoms with Gasteiger partial charge in [0.2, 0.25) is 0 Å². The van der Waals surface area contributed by atoms with Crippen LogP contribution in [0.5, 0.6) is 0 Å². The van der Waals surface area contributed by atoms with Crippen LogP contribution < -0.4 is 0 Å². The Bertz CT molecular complexity index is 151.